The van der Waals surface area contributed by atoms with Gasteiger partial charge in [-0.05, 0) is 63.9 Å². The van der Waals surface area contributed by atoms with Crippen molar-refractivity contribution >= 4 is 23.6 Å². The fourth-order valence-corrected chi connectivity index (χ4v) is 7.87. The summed E-state index contributed by atoms with van der Waals surface area (Å²) < 4.78 is 0. The molecule has 9 nitrogen and oxygen atoms in total. The molecule has 4 fully saturated rings. The Morgan fingerprint density at radius 1 is 0.857 bits per heavy atom. The molecule has 6 atom stereocenters. The van der Waals surface area contributed by atoms with Gasteiger partial charge in [0.25, 0.3) is 0 Å². The number of benzene rings is 1. The fraction of sp³-hybridized carbons (Fsp3) is 0.697. The van der Waals surface area contributed by atoms with Crippen LogP contribution in [0.25, 0.3) is 0 Å². The molecule has 4 aliphatic rings. The first-order chi connectivity index (χ1) is 20.2. The number of carbonyl (C=O) groups is 4. The first kappa shape index (κ1) is 30.5. The van der Waals surface area contributed by atoms with E-state index in [1.807, 2.05) is 37.3 Å². The van der Waals surface area contributed by atoms with Gasteiger partial charge in [-0.1, -0.05) is 62.4 Å². The van der Waals surface area contributed by atoms with Crippen molar-refractivity contribution in [2.75, 3.05) is 6.54 Å². The summed E-state index contributed by atoms with van der Waals surface area (Å²) in [6.07, 6.45) is 9.51. The summed E-state index contributed by atoms with van der Waals surface area (Å²) in [6.45, 7) is 2.33. The van der Waals surface area contributed by atoms with Crippen molar-refractivity contribution in [3.8, 4) is 0 Å². The molecule has 2 aliphatic heterocycles. The van der Waals surface area contributed by atoms with Crippen LogP contribution in [0.1, 0.15) is 102 Å². The third kappa shape index (κ3) is 6.36. The molecule has 5 rings (SSSR count). The lowest BCUT2D eigenvalue weighted by molar-refractivity contribution is -0.141. The van der Waals surface area contributed by atoms with E-state index in [0.29, 0.717) is 45.1 Å². The molecule has 0 bridgehead atoms. The second-order valence-corrected chi connectivity index (χ2v) is 13.4. The first-order valence-corrected chi connectivity index (χ1v) is 16.2. The quantitative estimate of drug-likeness (QED) is 0.352. The molecule has 0 radical (unpaired) electrons. The van der Waals surface area contributed by atoms with Crippen molar-refractivity contribution < 1.29 is 24.3 Å². The van der Waals surface area contributed by atoms with E-state index in [0.717, 1.165) is 50.5 Å². The van der Waals surface area contributed by atoms with E-state index in [1.54, 1.807) is 0 Å². The van der Waals surface area contributed by atoms with E-state index in [1.165, 1.54) is 0 Å². The summed E-state index contributed by atoms with van der Waals surface area (Å²) >= 11 is 0. The van der Waals surface area contributed by atoms with Crippen LogP contribution in [0, 0.1) is 11.3 Å². The lowest BCUT2D eigenvalue weighted by atomic mass is 9.68. The predicted octanol–water partition coefficient (Wildman–Crippen LogP) is 2.99. The molecule has 1 aromatic rings. The Balaban J connectivity index is 1.29. The average Bonchev–Trinajstić information content (AvgIpc) is 3.29. The van der Waals surface area contributed by atoms with Gasteiger partial charge in [0.2, 0.25) is 23.6 Å². The van der Waals surface area contributed by atoms with E-state index in [-0.39, 0.29) is 36.1 Å². The molecule has 2 heterocycles. The summed E-state index contributed by atoms with van der Waals surface area (Å²) in [5, 5.41) is 23.1. The number of hydrogen-bond acceptors (Lipinski definition) is 5. The highest BCUT2D eigenvalue weighted by atomic mass is 16.3. The Labute approximate surface area is 249 Å². The molecule has 5 N–H and O–H groups in total. The van der Waals surface area contributed by atoms with Crippen molar-refractivity contribution in [1.82, 2.24) is 21.3 Å². The van der Waals surface area contributed by atoms with Gasteiger partial charge in [0, 0.05) is 31.1 Å². The lowest BCUT2D eigenvalue weighted by Crippen LogP contribution is -2.58. The SMILES string of the molecule is CC1(C(=O)N[C@H]2CCCNC(=O)C2C2CCC(NC(=O)C3(c4ccccc4)CCCCC3)CC(=O)N2)CCCC[C@@H]1O. The zero-order chi connectivity index (χ0) is 29.7. The number of hydrogen-bond donors (Lipinski definition) is 5. The Bertz CT molecular complexity index is 1140. The minimum Gasteiger partial charge on any atom is -0.392 e. The van der Waals surface area contributed by atoms with Gasteiger partial charge in [0.05, 0.1) is 22.9 Å². The van der Waals surface area contributed by atoms with Gasteiger partial charge in [-0.15, -0.1) is 0 Å². The third-order valence-electron chi connectivity index (χ3n) is 10.6. The van der Waals surface area contributed by atoms with Crippen LogP contribution in [0.2, 0.25) is 0 Å². The Kier molecular flexibility index (Phi) is 9.55. The van der Waals surface area contributed by atoms with Crippen molar-refractivity contribution in [2.45, 2.75) is 126 Å². The molecule has 2 saturated carbocycles. The standard InChI is InChI=1S/C33H48N4O5/c1-32(17-9-6-14-26(32)38)30(41)37-24-13-10-20-34-29(40)28(24)25-16-15-23(21-27(39)36-25)35-31(42)33(18-7-3-8-19-33)22-11-4-2-5-12-22/h2,4-5,11-12,23-26,28,38H,3,6-10,13-21H2,1H3,(H,34,40)(H,35,42)(H,36,39)(H,37,41)/t23?,24-,25?,26-,28?,32?/m0/s1. The minimum absolute atomic E-state index is 0.0127. The monoisotopic (exact) mass is 580 g/mol. The average molecular weight is 581 g/mol. The van der Waals surface area contributed by atoms with Crippen molar-refractivity contribution in [1.29, 1.82) is 0 Å². The van der Waals surface area contributed by atoms with Gasteiger partial charge in [-0.3, -0.25) is 19.2 Å². The number of nitrogens with one attached hydrogen (secondary N) is 4. The first-order valence-electron chi connectivity index (χ1n) is 16.2. The van der Waals surface area contributed by atoms with Crippen LogP contribution < -0.4 is 21.3 Å². The highest BCUT2D eigenvalue weighted by molar-refractivity contribution is 5.90. The van der Waals surface area contributed by atoms with Gasteiger partial charge in [0.15, 0.2) is 0 Å². The Hall–Kier alpha value is -2.94. The topological polar surface area (TPSA) is 137 Å². The molecule has 4 amide bonds. The Morgan fingerprint density at radius 2 is 1.60 bits per heavy atom. The van der Waals surface area contributed by atoms with Gasteiger partial charge in [0.1, 0.15) is 0 Å². The van der Waals surface area contributed by atoms with Crippen LogP contribution in [0.5, 0.6) is 0 Å². The number of carbonyl (C=O) groups excluding carboxylic acids is 4. The zero-order valence-electron chi connectivity index (χ0n) is 25.0. The van der Waals surface area contributed by atoms with E-state index in [9.17, 15) is 24.3 Å². The van der Waals surface area contributed by atoms with Crippen molar-refractivity contribution in [3.63, 3.8) is 0 Å². The number of aliphatic hydroxyl groups is 1. The van der Waals surface area contributed by atoms with Crippen LogP contribution in [-0.4, -0.2) is 59.5 Å². The van der Waals surface area contributed by atoms with Gasteiger partial charge >= 0.3 is 0 Å². The van der Waals surface area contributed by atoms with Crippen LogP contribution in [0.4, 0.5) is 0 Å². The molecular formula is C33H48N4O5. The fourth-order valence-electron chi connectivity index (χ4n) is 7.87. The maximum absolute atomic E-state index is 13.9. The molecule has 0 spiro atoms. The van der Waals surface area contributed by atoms with Crippen molar-refractivity contribution in [2.24, 2.45) is 11.3 Å². The Morgan fingerprint density at radius 3 is 2.33 bits per heavy atom. The number of amides is 4. The molecule has 0 aromatic heterocycles. The van der Waals surface area contributed by atoms with Crippen molar-refractivity contribution in [3.05, 3.63) is 35.9 Å². The molecule has 42 heavy (non-hydrogen) atoms. The molecule has 2 aliphatic carbocycles. The summed E-state index contributed by atoms with van der Waals surface area (Å²) in [5.41, 5.74) is -0.442. The van der Waals surface area contributed by atoms with E-state index in [4.69, 9.17) is 0 Å². The number of aliphatic hydroxyl groups excluding tert-OH is 1. The van der Waals surface area contributed by atoms with Crippen LogP contribution >= 0.6 is 0 Å². The van der Waals surface area contributed by atoms with Gasteiger partial charge in [-0.2, -0.15) is 0 Å². The molecule has 230 valence electrons. The maximum Gasteiger partial charge on any atom is 0.230 e. The lowest BCUT2D eigenvalue weighted by Gasteiger charge is -2.39. The minimum atomic E-state index is -0.887. The molecule has 4 unspecified atom stereocenters. The van der Waals surface area contributed by atoms with Crippen LogP contribution in [0.15, 0.2) is 30.3 Å². The summed E-state index contributed by atoms with van der Waals surface area (Å²) in [6, 6.07) is 8.73. The summed E-state index contributed by atoms with van der Waals surface area (Å²) in [4.78, 5) is 54.0. The molecule has 1 aromatic carbocycles. The zero-order valence-corrected chi connectivity index (χ0v) is 25.0. The van der Waals surface area contributed by atoms with E-state index in [2.05, 4.69) is 21.3 Å². The van der Waals surface area contributed by atoms with Gasteiger partial charge < -0.3 is 26.4 Å². The second kappa shape index (κ2) is 13.1. The second-order valence-electron chi connectivity index (χ2n) is 13.4. The summed E-state index contributed by atoms with van der Waals surface area (Å²) in [7, 11) is 0. The molecule has 9 heteroatoms. The predicted molar refractivity (Wildman–Crippen MR) is 159 cm³/mol. The smallest absolute Gasteiger partial charge is 0.230 e. The number of rotatable bonds is 6. The summed E-state index contributed by atoms with van der Waals surface area (Å²) in [5.74, 6) is -1.24. The maximum atomic E-state index is 13.9. The van der Waals surface area contributed by atoms with E-state index >= 15 is 0 Å². The van der Waals surface area contributed by atoms with Crippen LogP contribution in [-0.2, 0) is 24.6 Å². The highest BCUT2D eigenvalue weighted by Crippen LogP contribution is 2.40. The third-order valence-corrected chi connectivity index (χ3v) is 10.6. The van der Waals surface area contributed by atoms with E-state index < -0.39 is 34.9 Å². The van der Waals surface area contributed by atoms with Crippen LogP contribution in [0.3, 0.4) is 0 Å². The normalized spacial score (nSPS) is 33.7. The molecule has 2 saturated heterocycles. The van der Waals surface area contributed by atoms with Gasteiger partial charge in [-0.25, -0.2) is 0 Å². The highest BCUT2D eigenvalue weighted by Gasteiger charge is 2.46. The molecular weight excluding hydrogens is 532 g/mol. The largest absolute Gasteiger partial charge is 0.392 e.